The van der Waals surface area contributed by atoms with Crippen molar-refractivity contribution in [2.24, 2.45) is 0 Å². The minimum absolute atomic E-state index is 0.0393. The van der Waals surface area contributed by atoms with Crippen LogP contribution in [0.15, 0.2) is 22.9 Å². The second kappa shape index (κ2) is 6.35. The third kappa shape index (κ3) is 2.97. The molecule has 1 N–H and O–H groups in total. The van der Waals surface area contributed by atoms with Crippen LogP contribution in [0.1, 0.15) is 56.4 Å². The Balaban J connectivity index is 1.89. The van der Waals surface area contributed by atoms with Crippen LogP contribution in [-0.2, 0) is 6.42 Å². The van der Waals surface area contributed by atoms with Gasteiger partial charge in [-0.1, -0.05) is 37.4 Å². The molecule has 0 saturated heterocycles. The van der Waals surface area contributed by atoms with Crippen molar-refractivity contribution in [2.45, 2.75) is 57.5 Å². The van der Waals surface area contributed by atoms with E-state index in [0.29, 0.717) is 11.7 Å². The molecule has 2 atom stereocenters. The Labute approximate surface area is 124 Å². The Morgan fingerprint density at radius 3 is 3.00 bits per heavy atom. The number of aliphatic hydroxyl groups is 1. The summed E-state index contributed by atoms with van der Waals surface area (Å²) >= 11 is 0. The molecule has 2 heterocycles. The van der Waals surface area contributed by atoms with Crippen LogP contribution in [0.5, 0.6) is 0 Å². The zero-order valence-electron chi connectivity index (χ0n) is 12.3. The minimum atomic E-state index is -0.379. The number of pyridine rings is 1. The largest absolute Gasteiger partial charge is 0.392 e. The quantitative estimate of drug-likeness (QED) is 0.878. The zero-order valence-corrected chi connectivity index (χ0v) is 12.3. The van der Waals surface area contributed by atoms with Crippen LogP contribution >= 0.6 is 0 Å². The average Bonchev–Trinajstić information content (AvgIpc) is 2.90. The Bertz CT molecular complexity index is 597. The molecule has 0 amide bonds. The second-order valence-electron chi connectivity index (χ2n) is 5.63. The Kier molecular flexibility index (Phi) is 4.29. The van der Waals surface area contributed by atoms with E-state index in [1.54, 1.807) is 6.20 Å². The number of rotatable bonds is 3. The highest BCUT2D eigenvalue weighted by atomic mass is 16.5. The highest BCUT2D eigenvalue weighted by Crippen LogP contribution is 2.32. The lowest BCUT2D eigenvalue weighted by atomic mass is 9.97. The van der Waals surface area contributed by atoms with Gasteiger partial charge in [0, 0.05) is 6.20 Å². The van der Waals surface area contributed by atoms with Gasteiger partial charge in [-0.25, -0.2) is 0 Å². The molecule has 1 fully saturated rings. The fourth-order valence-corrected chi connectivity index (χ4v) is 2.98. The Morgan fingerprint density at radius 2 is 2.14 bits per heavy atom. The van der Waals surface area contributed by atoms with Crippen molar-refractivity contribution in [3.05, 3.63) is 29.8 Å². The fraction of sp³-hybridized carbons (Fsp3) is 0.562. The van der Waals surface area contributed by atoms with Gasteiger partial charge in [-0.05, 0) is 30.9 Å². The Morgan fingerprint density at radius 1 is 1.29 bits per heavy atom. The molecule has 5 nitrogen and oxygen atoms in total. The summed E-state index contributed by atoms with van der Waals surface area (Å²) in [5.74, 6) is 1.04. The molecule has 0 bridgehead atoms. The van der Waals surface area contributed by atoms with E-state index in [0.717, 1.165) is 49.8 Å². The summed E-state index contributed by atoms with van der Waals surface area (Å²) in [6, 6.07) is 3.94. The third-order valence-corrected chi connectivity index (χ3v) is 4.22. The van der Waals surface area contributed by atoms with Gasteiger partial charge in [0.25, 0.3) is 0 Å². The Hall–Kier alpha value is -1.75. The second-order valence-corrected chi connectivity index (χ2v) is 5.63. The topological polar surface area (TPSA) is 72.0 Å². The van der Waals surface area contributed by atoms with Gasteiger partial charge in [-0.2, -0.15) is 4.98 Å². The van der Waals surface area contributed by atoms with E-state index in [4.69, 9.17) is 4.52 Å². The molecule has 1 aliphatic carbocycles. The highest BCUT2D eigenvalue weighted by Gasteiger charge is 2.28. The van der Waals surface area contributed by atoms with Gasteiger partial charge in [0.15, 0.2) is 0 Å². The molecular formula is C16H21N3O2. The van der Waals surface area contributed by atoms with E-state index in [9.17, 15) is 5.11 Å². The zero-order chi connectivity index (χ0) is 14.7. The summed E-state index contributed by atoms with van der Waals surface area (Å²) in [5, 5.41) is 14.3. The maximum Gasteiger partial charge on any atom is 0.232 e. The molecule has 1 saturated carbocycles. The maximum absolute atomic E-state index is 10.2. The van der Waals surface area contributed by atoms with E-state index >= 15 is 0 Å². The van der Waals surface area contributed by atoms with Crippen LogP contribution in [-0.4, -0.2) is 26.3 Å². The van der Waals surface area contributed by atoms with Crippen LogP contribution in [0, 0.1) is 0 Å². The first kappa shape index (κ1) is 14.2. The van der Waals surface area contributed by atoms with Gasteiger partial charge < -0.3 is 9.63 Å². The van der Waals surface area contributed by atoms with Crippen molar-refractivity contribution in [1.29, 1.82) is 0 Å². The lowest BCUT2D eigenvalue weighted by molar-refractivity contribution is 0.119. The molecule has 2 aromatic heterocycles. The number of aryl methyl sites for hydroxylation is 1. The molecule has 5 heteroatoms. The highest BCUT2D eigenvalue weighted by molar-refractivity contribution is 5.53. The van der Waals surface area contributed by atoms with Crippen molar-refractivity contribution >= 4 is 0 Å². The number of hydrogen-bond acceptors (Lipinski definition) is 5. The maximum atomic E-state index is 10.2. The number of hydrogen-bond donors (Lipinski definition) is 1. The molecule has 0 spiro atoms. The molecule has 0 aromatic carbocycles. The van der Waals surface area contributed by atoms with Crippen molar-refractivity contribution in [3.63, 3.8) is 0 Å². The molecule has 21 heavy (non-hydrogen) atoms. The average molecular weight is 287 g/mol. The predicted molar refractivity (Wildman–Crippen MR) is 78.7 cm³/mol. The predicted octanol–water partition coefficient (Wildman–Crippen LogP) is 3.10. The van der Waals surface area contributed by atoms with Gasteiger partial charge in [0.05, 0.1) is 12.0 Å². The van der Waals surface area contributed by atoms with Gasteiger partial charge >= 0.3 is 0 Å². The van der Waals surface area contributed by atoms with Crippen LogP contribution in [0.2, 0.25) is 0 Å². The summed E-state index contributed by atoms with van der Waals surface area (Å²) < 4.78 is 5.42. The SMILES string of the molecule is CCc1cccnc1-c1noc(C2CCCCCC2O)n1. The summed E-state index contributed by atoms with van der Waals surface area (Å²) in [7, 11) is 0. The van der Waals surface area contributed by atoms with E-state index in [1.165, 1.54) is 0 Å². The number of nitrogens with zero attached hydrogens (tertiary/aromatic N) is 3. The molecule has 0 aliphatic heterocycles. The van der Waals surface area contributed by atoms with Gasteiger partial charge in [0.1, 0.15) is 5.69 Å². The lowest BCUT2D eigenvalue weighted by Gasteiger charge is -2.15. The lowest BCUT2D eigenvalue weighted by Crippen LogP contribution is -2.17. The molecule has 112 valence electrons. The molecular weight excluding hydrogens is 266 g/mol. The molecule has 2 unspecified atom stereocenters. The first-order valence-corrected chi connectivity index (χ1v) is 7.75. The summed E-state index contributed by atoms with van der Waals surface area (Å²) in [6.07, 6.45) is 7.29. The molecule has 2 aromatic rings. The monoisotopic (exact) mass is 287 g/mol. The van der Waals surface area contributed by atoms with E-state index < -0.39 is 0 Å². The number of aromatic nitrogens is 3. The van der Waals surface area contributed by atoms with E-state index in [-0.39, 0.29) is 12.0 Å². The van der Waals surface area contributed by atoms with Crippen LogP contribution < -0.4 is 0 Å². The minimum Gasteiger partial charge on any atom is -0.392 e. The molecule has 0 radical (unpaired) electrons. The van der Waals surface area contributed by atoms with Crippen LogP contribution in [0.4, 0.5) is 0 Å². The van der Waals surface area contributed by atoms with Crippen LogP contribution in [0.3, 0.4) is 0 Å². The van der Waals surface area contributed by atoms with Crippen molar-refractivity contribution < 1.29 is 9.63 Å². The molecule has 1 aliphatic rings. The summed E-state index contributed by atoms with van der Waals surface area (Å²) in [5.41, 5.74) is 1.88. The summed E-state index contributed by atoms with van der Waals surface area (Å²) in [6.45, 7) is 2.08. The van der Waals surface area contributed by atoms with Gasteiger partial charge in [0.2, 0.25) is 11.7 Å². The standard InChI is InChI=1S/C16H21N3O2/c1-2-11-7-6-10-17-14(11)15-18-16(21-19-15)12-8-4-3-5-9-13(12)20/h6-7,10,12-13,20H,2-5,8-9H2,1H3. The summed E-state index contributed by atoms with van der Waals surface area (Å²) in [4.78, 5) is 8.87. The normalized spacial score (nSPS) is 23.0. The van der Waals surface area contributed by atoms with Gasteiger partial charge in [-0.3, -0.25) is 4.98 Å². The molecule has 3 rings (SSSR count). The van der Waals surface area contributed by atoms with Crippen molar-refractivity contribution in [2.75, 3.05) is 0 Å². The number of aliphatic hydroxyl groups excluding tert-OH is 1. The van der Waals surface area contributed by atoms with Gasteiger partial charge in [-0.15, -0.1) is 0 Å². The fourth-order valence-electron chi connectivity index (χ4n) is 2.98. The van der Waals surface area contributed by atoms with Crippen molar-refractivity contribution in [3.8, 4) is 11.5 Å². The first-order valence-electron chi connectivity index (χ1n) is 7.75. The first-order chi connectivity index (χ1) is 10.3. The smallest absolute Gasteiger partial charge is 0.232 e. The van der Waals surface area contributed by atoms with E-state index in [2.05, 4.69) is 22.0 Å². The van der Waals surface area contributed by atoms with Crippen molar-refractivity contribution in [1.82, 2.24) is 15.1 Å². The third-order valence-electron chi connectivity index (χ3n) is 4.22. The van der Waals surface area contributed by atoms with Crippen LogP contribution in [0.25, 0.3) is 11.5 Å². The van der Waals surface area contributed by atoms with E-state index in [1.807, 2.05) is 12.1 Å².